The Balaban J connectivity index is 1.76. The molecular weight excluding hydrogens is 444 g/mol. The SMILES string of the molecule is CCCCCCCCCCCc1cnc(-c2ccc(OC(=O)/C(C)=C/C=C(\C)CCCC)cc2)nc1. The topological polar surface area (TPSA) is 52.1 Å². The number of carbonyl (C=O) groups excluding carboxylic acids is 1. The van der Waals surface area contributed by atoms with Crippen molar-refractivity contribution in [1.82, 2.24) is 9.97 Å². The molecule has 4 nitrogen and oxygen atoms in total. The number of allylic oxidation sites excluding steroid dienone is 3. The zero-order chi connectivity index (χ0) is 26.0. The van der Waals surface area contributed by atoms with Crippen molar-refractivity contribution in [1.29, 1.82) is 0 Å². The summed E-state index contributed by atoms with van der Waals surface area (Å²) in [4.78, 5) is 21.5. The van der Waals surface area contributed by atoms with Crippen molar-refractivity contribution >= 4 is 5.97 Å². The average molecular weight is 491 g/mol. The van der Waals surface area contributed by atoms with Crippen LogP contribution in [0.4, 0.5) is 0 Å². The highest BCUT2D eigenvalue weighted by Crippen LogP contribution is 2.20. The Kier molecular flexibility index (Phi) is 14.4. The van der Waals surface area contributed by atoms with Gasteiger partial charge in [-0.2, -0.15) is 0 Å². The second-order valence-electron chi connectivity index (χ2n) is 9.87. The summed E-state index contributed by atoms with van der Waals surface area (Å²) in [6.45, 7) is 8.32. The first-order valence-electron chi connectivity index (χ1n) is 14.0. The van der Waals surface area contributed by atoms with Crippen molar-refractivity contribution in [3.8, 4) is 17.1 Å². The molecule has 0 aliphatic carbocycles. The van der Waals surface area contributed by atoms with Crippen LogP contribution < -0.4 is 4.74 Å². The molecule has 0 bridgehead atoms. The smallest absolute Gasteiger partial charge is 0.339 e. The van der Waals surface area contributed by atoms with Crippen LogP contribution in [0.5, 0.6) is 5.75 Å². The molecule has 2 aromatic rings. The quantitative estimate of drug-likeness (QED) is 0.0729. The highest BCUT2D eigenvalue weighted by atomic mass is 16.5. The molecule has 0 saturated heterocycles. The summed E-state index contributed by atoms with van der Waals surface area (Å²) in [5, 5.41) is 0. The van der Waals surface area contributed by atoms with Gasteiger partial charge in [-0.25, -0.2) is 14.8 Å². The Morgan fingerprint density at radius 1 is 0.778 bits per heavy atom. The predicted molar refractivity (Wildman–Crippen MR) is 151 cm³/mol. The number of ether oxygens (including phenoxy) is 1. The number of nitrogens with zero attached hydrogens (tertiary/aromatic N) is 2. The van der Waals surface area contributed by atoms with Gasteiger partial charge in [0.15, 0.2) is 5.82 Å². The molecule has 1 aromatic heterocycles. The van der Waals surface area contributed by atoms with Crippen molar-refractivity contribution in [3.05, 3.63) is 65.5 Å². The number of aromatic nitrogens is 2. The molecule has 2 rings (SSSR count). The van der Waals surface area contributed by atoms with E-state index in [9.17, 15) is 4.79 Å². The van der Waals surface area contributed by atoms with E-state index in [2.05, 4.69) is 30.7 Å². The Labute approximate surface area is 219 Å². The highest BCUT2D eigenvalue weighted by Gasteiger charge is 2.08. The monoisotopic (exact) mass is 490 g/mol. The normalized spacial score (nSPS) is 12.1. The Hall–Kier alpha value is -2.75. The van der Waals surface area contributed by atoms with Crippen LogP contribution in [0.15, 0.2) is 60.0 Å². The first-order valence-corrected chi connectivity index (χ1v) is 14.0. The van der Waals surface area contributed by atoms with Gasteiger partial charge in [-0.1, -0.05) is 89.4 Å². The molecule has 0 aliphatic heterocycles. The van der Waals surface area contributed by atoms with Gasteiger partial charge in [-0.15, -0.1) is 0 Å². The molecule has 0 spiro atoms. The molecule has 0 saturated carbocycles. The zero-order valence-electron chi connectivity index (χ0n) is 23.0. The molecule has 0 unspecified atom stereocenters. The number of rotatable bonds is 17. The lowest BCUT2D eigenvalue weighted by Crippen LogP contribution is -2.09. The van der Waals surface area contributed by atoms with E-state index in [1.165, 1.54) is 75.3 Å². The molecule has 1 aromatic carbocycles. The fourth-order valence-electron chi connectivity index (χ4n) is 4.01. The van der Waals surface area contributed by atoms with Crippen LogP contribution >= 0.6 is 0 Å². The van der Waals surface area contributed by atoms with Crippen LogP contribution in [0.2, 0.25) is 0 Å². The summed E-state index contributed by atoms with van der Waals surface area (Å²) < 4.78 is 5.52. The van der Waals surface area contributed by atoms with Gasteiger partial charge >= 0.3 is 5.97 Å². The maximum atomic E-state index is 12.4. The van der Waals surface area contributed by atoms with E-state index < -0.39 is 0 Å². The lowest BCUT2D eigenvalue weighted by molar-refractivity contribution is -0.130. The first-order chi connectivity index (χ1) is 17.5. The Morgan fingerprint density at radius 3 is 1.97 bits per heavy atom. The minimum absolute atomic E-state index is 0.334. The maximum absolute atomic E-state index is 12.4. The highest BCUT2D eigenvalue weighted by molar-refractivity contribution is 5.89. The molecular formula is C32H46N2O2. The van der Waals surface area contributed by atoms with Crippen molar-refractivity contribution in [2.24, 2.45) is 0 Å². The third-order valence-corrected chi connectivity index (χ3v) is 6.46. The molecule has 0 amide bonds. The number of aryl methyl sites for hydroxylation is 1. The van der Waals surface area contributed by atoms with Crippen molar-refractivity contribution in [2.45, 2.75) is 111 Å². The van der Waals surface area contributed by atoms with E-state index in [0.717, 1.165) is 24.8 Å². The van der Waals surface area contributed by atoms with Crippen molar-refractivity contribution < 1.29 is 9.53 Å². The summed E-state index contributed by atoms with van der Waals surface area (Å²) in [5.41, 5.74) is 3.95. The third-order valence-electron chi connectivity index (χ3n) is 6.46. The molecule has 4 heteroatoms. The third kappa shape index (κ3) is 11.8. The second kappa shape index (κ2) is 17.6. The lowest BCUT2D eigenvalue weighted by atomic mass is 10.1. The van der Waals surface area contributed by atoms with Crippen molar-refractivity contribution in [3.63, 3.8) is 0 Å². The molecule has 0 N–H and O–H groups in total. The average Bonchev–Trinajstić information content (AvgIpc) is 2.90. The summed E-state index contributed by atoms with van der Waals surface area (Å²) in [6, 6.07) is 7.38. The number of carbonyl (C=O) groups is 1. The van der Waals surface area contributed by atoms with E-state index in [1.54, 1.807) is 19.1 Å². The second-order valence-corrected chi connectivity index (χ2v) is 9.87. The molecule has 0 radical (unpaired) electrons. The Morgan fingerprint density at radius 2 is 1.36 bits per heavy atom. The molecule has 0 atom stereocenters. The fourth-order valence-corrected chi connectivity index (χ4v) is 4.01. The summed E-state index contributed by atoms with van der Waals surface area (Å²) in [5.74, 6) is 0.872. The van der Waals surface area contributed by atoms with E-state index in [4.69, 9.17) is 4.74 Å². The lowest BCUT2D eigenvalue weighted by Gasteiger charge is -2.06. The van der Waals surface area contributed by atoms with Crippen molar-refractivity contribution in [2.75, 3.05) is 0 Å². The number of hydrogen-bond donors (Lipinski definition) is 0. The van der Waals surface area contributed by atoms with E-state index in [1.807, 2.05) is 36.7 Å². The van der Waals surface area contributed by atoms with Gasteiger partial charge in [0.1, 0.15) is 5.75 Å². The van der Waals surface area contributed by atoms with Gasteiger partial charge in [-0.05, 0) is 69.4 Å². The van der Waals surface area contributed by atoms with Gasteiger partial charge in [-0.3, -0.25) is 0 Å². The van der Waals surface area contributed by atoms with Crippen LogP contribution in [0.3, 0.4) is 0 Å². The predicted octanol–water partition coefficient (Wildman–Crippen LogP) is 9.21. The standard InChI is InChI=1S/C32H46N2O2/c1-5-7-9-10-11-12-13-14-15-17-28-24-33-31(34-25-28)29-20-22-30(23-21-29)36-32(35)27(4)19-18-26(3)16-8-6-2/h18-25H,5-17H2,1-4H3/b26-18+,27-19+. The minimum Gasteiger partial charge on any atom is -0.423 e. The fraction of sp³-hybridized carbons (Fsp3) is 0.531. The van der Waals surface area contributed by atoms with E-state index >= 15 is 0 Å². The molecule has 36 heavy (non-hydrogen) atoms. The number of hydrogen-bond acceptors (Lipinski definition) is 4. The van der Waals surface area contributed by atoms with Crippen LogP contribution in [-0.4, -0.2) is 15.9 Å². The number of unbranched alkanes of at least 4 members (excludes halogenated alkanes) is 9. The van der Waals surface area contributed by atoms with Crippen LogP contribution in [0, 0.1) is 0 Å². The molecule has 0 aliphatic rings. The largest absolute Gasteiger partial charge is 0.423 e. The van der Waals surface area contributed by atoms with Gasteiger partial charge < -0.3 is 4.74 Å². The van der Waals surface area contributed by atoms with Gasteiger partial charge in [0, 0.05) is 23.5 Å². The summed E-state index contributed by atoms with van der Waals surface area (Å²) >= 11 is 0. The number of benzene rings is 1. The Bertz CT molecular complexity index is 943. The van der Waals surface area contributed by atoms with Crippen LogP contribution in [-0.2, 0) is 11.2 Å². The van der Waals surface area contributed by atoms with Gasteiger partial charge in [0.05, 0.1) is 0 Å². The first kappa shape index (κ1) is 29.5. The minimum atomic E-state index is -0.334. The molecule has 0 fully saturated rings. The van der Waals surface area contributed by atoms with Crippen LogP contribution in [0.25, 0.3) is 11.4 Å². The number of esters is 1. The van der Waals surface area contributed by atoms with Gasteiger partial charge in [0.25, 0.3) is 0 Å². The molecule has 196 valence electrons. The summed E-state index contributed by atoms with van der Waals surface area (Å²) in [7, 11) is 0. The zero-order valence-corrected chi connectivity index (χ0v) is 23.0. The van der Waals surface area contributed by atoms with Gasteiger partial charge in [0.2, 0.25) is 0 Å². The van der Waals surface area contributed by atoms with Crippen LogP contribution in [0.1, 0.15) is 110 Å². The summed E-state index contributed by atoms with van der Waals surface area (Å²) in [6.07, 6.45) is 24.1. The van der Waals surface area contributed by atoms with E-state index in [0.29, 0.717) is 17.1 Å². The molecule has 1 heterocycles. The maximum Gasteiger partial charge on any atom is 0.339 e. The van der Waals surface area contributed by atoms with E-state index in [-0.39, 0.29) is 5.97 Å².